The van der Waals surface area contributed by atoms with Crippen LogP contribution in [0.5, 0.6) is 0 Å². The number of allylic oxidation sites excluding steroid dienone is 2. The lowest BCUT2D eigenvalue weighted by atomic mass is 9.85. The second kappa shape index (κ2) is 6.54. The number of nitro groups is 2. The summed E-state index contributed by atoms with van der Waals surface area (Å²) in [5.41, 5.74) is -2.93. The first kappa shape index (κ1) is 18.4. The fraction of sp³-hybridized carbons (Fsp3) is 0.333. The average Bonchev–Trinajstić information content (AvgIpc) is 2.52. The van der Waals surface area contributed by atoms with Crippen LogP contribution < -0.4 is 5.32 Å². The zero-order valence-electron chi connectivity index (χ0n) is 13.3. The zero-order valence-corrected chi connectivity index (χ0v) is 13.3. The zero-order chi connectivity index (χ0) is 18.9. The molecule has 0 spiro atoms. The van der Waals surface area contributed by atoms with Gasteiger partial charge < -0.3 is 5.32 Å². The van der Waals surface area contributed by atoms with Gasteiger partial charge in [-0.05, 0) is 25.0 Å². The second-order valence-electron chi connectivity index (χ2n) is 5.38. The SMILES string of the molecule is CCC1=C([N+](=O)[O-])C(c2ccccc2C(F)(F)F)C([N+](=O)[O-])=C(C)N1. The maximum Gasteiger partial charge on any atom is 0.416 e. The Morgan fingerprint density at radius 2 is 1.68 bits per heavy atom. The topological polar surface area (TPSA) is 98.3 Å². The number of alkyl halides is 3. The first-order valence-corrected chi connectivity index (χ1v) is 7.25. The highest BCUT2D eigenvalue weighted by Gasteiger charge is 2.48. The first-order chi connectivity index (χ1) is 11.6. The van der Waals surface area contributed by atoms with Crippen molar-refractivity contribution in [3.8, 4) is 0 Å². The van der Waals surface area contributed by atoms with E-state index in [2.05, 4.69) is 5.32 Å². The second-order valence-corrected chi connectivity index (χ2v) is 5.38. The molecule has 10 heteroatoms. The van der Waals surface area contributed by atoms with Crippen molar-refractivity contribution >= 4 is 0 Å². The van der Waals surface area contributed by atoms with E-state index >= 15 is 0 Å². The molecule has 0 radical (unpaired) electrons. The number of hydrogen-bond acceptors (Lipinski definition) is 5. The molecule has 0 fully saturated rings. The first-order valence-electron chi connectivity index (χ1n) is 7.25. The molecule has 0 bridgehead atoms. The van der Waals surface area contributed by atoms with Gasteiger partial charge in [0.1, 0.15) is 0 Å². The van der Waals surface area contributed by atoms with Gasteiger partial charge in [-0.15, -0.1) is 0 Å². The number of nitrogens with one attached hydrogen (secondary N) is 1. The van der Waals surface area contributed by atoms with Crippen LogP contribution in [0.4, 0.5) is 13.2 Å². The van der Waals surface area contributed by atoms with Gasteiger partial charge in [0, 0.05) is 0 Å². The van der Waals surface area contributed by atoms with Crippen molar-refractivity contribution < 1.29 is 23.0 Å². The van der Waals surface area contributed by atoms with E-state index < -0.39 is 44.5 Å². The van der Waals surface area contributed by atoms with Crippen LogP contribution in [0.15, 0.2) is 47.1 Å². The Kier molecular flexibility index (Phi) is 4.82. The molecule has 0 amide bonds. The van der Waals surface area contributed by atoms with Crippen molar-refractivity contribution in [2.24, 2.45) is 0 Å². The molecule has 7 nitrogen and oxygen atoms in total. The molecule has 0 aromatic heterocycles. The van der Waals surface area contributed by atoms with Gasteiger partial charge in [0.15, 0.2) is 5.92 Å². The minimum absolute atomic E-state index is 0.0190. The summed E-state index contributed by atoms with van der Waals surface area (Å²) in [4.78, 5) is 21.2. The summed E-state index contributed by atoms with van der Waals surface area (Å²) in [6.45, 7) is 2.89. The molecule has 0 aliphatic carbocycles. The molecule has 0 saturated heterocycles. The highest BCUT2D eigenvalue weighted by molar-refractivity contribution is 5.45. The van der Waals surface area contributed by atoms with E-state index in [-0.39, 0.29) is 17.8 Å². The van der Waals surface area contributed by atoms with Crippen LogP contribution in [-0.2, 0) is 6.18 Å². The fourth-order valence-corrected chi connectivity index (χ4v) is 2.90. The summed E-state index contributed by atoms with van der Waals surface area (Å²) in [5, 5.41) is 25.6. The summed E-state index contributed by atoms with van der Waals surface area (Å²) >= 11 is 0. The molecular weight excluding hydrogens is 343 g/mol. The van der Waals surface area contributed by atoms with E-state index in [9.17, 15) is 33.4 Å². The maximum atomic E-state index is 13.3. The van der Waals surface area contributed by atoms with Crippen LogP contribution in [0, 0.1) is 20.2 Å². The summed E-state index contributed by atoms with van der Waals surface area (Å²) < 4.78 is 40.0. The Labute approximate surface area is 140 Å². The molecule has 1 atom stereocenters. The van der Waals surface area contributed by atoms with E-state index in [1.807, 2.05) is 0 Å². The third-order valence-electron chi connectivity index (χ3n) is 3.90. The van der Waals surface area contributed by atoms with Gasteiger partial charge in [-0.25, -0.2) is 0 Å². The minimum atomic E-state index is -4.80. The molecule has 1 aromatic carbocycles. The Hall–Kier alpha value is -2.91. The Balaban J connectivity index is 2.85. The van der Waals surface area contributed by atoms with Crippen LogP contribution in [0.3, 0.4) is 0 Å². The number of benzene rings is 1. The van der Waals surface area contributed by atoms with Crippen LogP contribution >= 0.6 is 0 Å². The van der Waals surface area contributed by atoms with Crippen molar-refractivity contribution in [3.63, 3.8) is 0 Å². The lowest BCUT2D eigenvalue weighted by Gasteiger charge is -2.25. The molecule has 1 aromatic rings. The lowest BCUT2D eigenvalue weighted by molar-refractivity contribution is -0.457. The largest absolute Gasteiger partial charge is 0.416 e. The third-order valence-corrected chi connectivity index (χ3v) is 3.90. The average molecular weight is 357 g/mol. The molecule has 1 aliphatic rings. The fourth-order valence-electron chi connectivity index (χ4n) is 2.90. The molecular formula is C15H14F3N3O4. The van der Waals surface area contributed by atoms with Gasteiger partial charge in [0.25, 0.3) is 11.4 Å². The molecule has 1 aliphatic heterocycles. The highest BCUT2D eigenvalue weighted by atomic mass is 19.4. The normalized spacial score (nSPS) is 18.2. The van der Waals surface area contributed by atoms with E-state index in [1.165, 1.54) is 13.0 Å². The third kappa shape index (κ3) is 3.32. The van der Waals surface area contributed by atoms with E-state index in [4.69, 9.17) is 0 Å². The van der Waals surface area contributed by atoms with Gasteiger partial charge in [0.05, 0.1) is 26.8 Å². The van der Waals surface area contributed by atoms with Crippen molar-refractivity contribution in [2.75, 3.05) is 0 Å². The standard InChI is InChI=1S/C15H14F3N3O4/c1-3-11-14(21(24)25)12(13(20(22)23)8(2)19-11)9-6-4-5-7-10(9)15(16,17)18/h4-7,12,19H,3H2,1-2H3. The van der Waals surface area contributed by atoms with Gasteiger partial charge >= 0.3 is 6.18 Å². The summed E-state index contributed by atoms with van der Waals surface area (Å²) in [5.74, 6) is -1.72. The predicted octanol–water partition coefficient (Wildman–Crippen LogP) is 3.80. The Morgan fingerprint density at radius 1 is 1.12 bits per heavy atom. The summed E-state index contributed by atoms with van der Waals surface area (Å²) in [6.07, 6.45) is -4.69. The monoisotopic (exact) mass is 357 g/mol. The van der Waals surface area contributed by atoms with E-state index in [0.29, 0.717) is 0 Å². The molecule has 1 heterocycles. The van der Waals surface area contributed by atoms with Crippen LogP contribution in [0.2, 0.25) is 0 Å². The maximum absolute atomic E-state index is 13.3. The van der Waals surface area contributed by atoms with E-state index in [1.54, 1.807) is 6.92 Å². The van der Waals surface area contributed by atoms with Crippen LogP contribution in [-0.4, -0.2) is 9.85 Å². The lowest BCUT2D eigenvalue weighted by Crippen LogP contribution is -2.32. The molecule has 1 unspecified atom stereocenters. The number of hydrogen-bond donors (Lipinski definition) is 1. The van der Waals surface area contributed by atoms with Gasteiger partial charge in [-0.3, -0.25) is 20.2 Å². The number of halogens is 3. The highest BCUT2D eigenvalue weighted by Crippen LogP contribution is 2.44. The number of dihydropyridines is 1. The molecule has 1 N–H and O–H groups in total. The van der Waals surface area contributed by atoms with Crippen molar-refractivity contribution in [1.82, 2.24) is 5.32 Å². The Bertz CT molecular complexity index is 799. The molecule has 2 rings (SSSR count). The van der Waals surface area contributed by atoms with Gasteiger partial charge in [-0.1, -0.05) is 25.1 Å². The molecule has 0 saturated carbocycles. The van der Waals surface area contributed by atoms with Crippen LogP contribution in [0.25, 0.3) is 0 Å². The summed E-state index contributed by atoms with van der Waals surface area (Å²) in [6, 6.07) is 4.19. The quantitative estimate of drug-likeness (QED) is 0.653. The van der Waals surface area contributed by atoms with Crippen molar-refractivity contribution in [3.05, 3.63) is 78.4 Å². The minimum Gasteiger partial charge on any atom is -0.352 e. The van der Waals surface area contributed by atoms with Gasteiger partial charge in [0.2, 0.25) is 0 Å². The van der Waals surface area contributed by atoms with E-state index in [0.717, 1.165) is 18.2 Å². The number of nitrogens with zero attached hydrogens (tertiary/aromatic N) is 2. The van der Waals surface area contributed by atoms with Crippen molar-refractivity contribution in [2.45, 2.75) is 32.4 Å². The van der Waals surface area contributed by atoms with Gasteiger partial charge in [-0.2, -0.15) is 13.2 Å². The Morgan fingerprint density at radius 3 is 2.16 bits per heavy atom. The molecule has 134 valence electrons. The molecule has 25 heavy (non-hydrogen) atoms. The van der Waals surface area contributed by atoms with Crippen LogP contribution in [0.1, 0.15) is 37.3 Å². The predicted molar refractivity (Wildman–Crippen MR) is 81.3 cm³/mol. The summed E-state index contributed by atoms with van der Waals surface area (Å²) in [7, 11) is 0. The smallest absolute Gasteiger partial charge is 0.352 e. The van der Waals surface area contributed by atoms with Crippen molar-refractivity contribution in [1.29, 1.82) is 0 Å². The number of rotatable bonds is 4.